The second-order valence-electron chi connectivity index (χ2n) is 4.21. The van der Waals surface area contributed by atoms with Crippen LogP contribution in [0.15, 0.2) is 0 Å². The highest BCUT2D eigenvalue weighted by Crippen LogP contribution is 2.29. The number of hydrogen-bond donors (Lipinski definition) is 2. The van der Waals surface area contributed by atoms with Gasteiger partial charge in [-0.1, -0.05) is 32.6 Å². The molecule has 0 fully saturated rings. The van der Waals surface area contributed by atoms with Crippen LogP contribution in [0.3, 0.4) is 0 Å². The van der Waals surface area contributed by atoms with Gasteiger partial charge in [-0.25, -0.2) is 0 Å². The third-order valence-electron chi connectivity index (χ3n) is 2.96. The molecule has 0 spiro atoms. The number of carboxylic acids is 1. The minimum atomic E-state index is -0.978. The molecule has 0 saturated heterocycles. The van der Waals surface area contributed by atoms with Gasteiger partial charge in [-0.15, -0.1) is 0 Å². The predicted molar refractivity (Wildman–Crippen MR) is 56.2 cm³/mol. The molecule has 0 heterocycles. The van der Waals surface area contributed by atoms with Gasteiger partial charge in [0.15, 0.2) is 0 Å². The molecular formula is C11H22O3. The lowest BCUT2D eigenvalue weighted by molar-refractivity contribution is -0.155. The Morgan fingerprint density at radius 3 is 2.29 bits per heavy atom. The highest BCUT2D eigenvalue weighted by molar-refractivity contribution is 5.74. The fraction of sp³-hybridized carbons (Fsp3) is 0.909. The smallest absolute Gasteiger partial charge is 0.311 e. The third kappa shape index (κ3) is 3.66. The number of rotatable bonds is 7. The maximum absolute atomic E-state index is 11.0. The molecule has 0 bridgehead atoms. The fourth-order valence-corrected chi connectivity index (χ4v) is 1.41. The van der Waals surface area contributed by atoms with Crippen molar-refractivity contribution in [2.24, 2.45) is 5.41 Å². The Balaban J connectivity index is 4.05. The Labute approximate surface area is 86.1 Å². The second-order valence-corrected chi connectivity index (χ2v) is 4.21. The topological polar surface area (TPSA) is 57.5 Å². The number of hydrogen-bond acceptors (Lipinski definition) is 2. The first-order valence-electron chi connectivity index (χ1n) is 5.36. The van der Waals surface area contributed by atoms with Crippen LogP contribution in [-0.4, -0.2) is 22.3 Å². The van der Waals surface area contributed by atoms with Crippen molar-refractivity contribution in [1.29, 1.82) is 0 Å². The predicted octanol–water partition coefficient (Wildman–Crippen LogP) is 2.43. The molecule has 14 heavy (non-hydrogen) atoms. The number of unbranched alkanes of at least 4 members (excludes halogenated alkanes) is 3. The molecule has 0 aliphatic heterocycles. The van der Waals surface area contributed by atoms with Crippen LogP contribution in [0.1, 0.15) is 52.9 Å². The first kappa shape index (κ1) is 13.4. The SMILES string of the molecule is CCCCCC[C@](C)(C(=O)O)[C@@H](C)O. The molecule has 2 N–H and O–H groups in total. The van der Waals surface area contributed by atoms with Crippen molar-refractivity contribution in [2.45, 2.75) is 59.0 Å². The fourth-order valence-electron chi connectivity index (χ4n) is 1.41. The maximum Gasteiger partial charge on any atom is 0.311 e. The van der Waals surface area contributed by atoms with E-state index in [-0.39, 0.29) is 0 Å². The Kier molecular flexibility index (Phi) is 5.77. The zero-order valence-electron chi connectivity index (χ0n) is 9.42. The van der Waals surface area contributed by atoms with Crippen molar-refractivity contribution in [2.75, 3.05) is 0 Å². The van der Waals surface area contributed by atoms with Crippen LogP contribution < -0.4 is 0 Å². The lowest BCUT2D eigenvalue weighted by atomic mass is 9.80. The lowest BCUT2D eigenvalue weighted by Gasteiger charge is -2.27. The standard InChI is InChI=1S/C11H22O3/c1-4-5-6-7-8-11(3,9(2)12)10(13)14/h9,12H,4-8H2,1-3H3,(H,13,14)/t9-,11+/m1/s1. The molecule has 3 nitrogen and oxygen atoms in total. The summed E-state index contributed by atoms with van der Waals surface area (Å²) in [5, 5.41) is 18.4. The van der Waals surface area contributed by atoms with Crippen LogP contribution in [0.25, 0.3) is 0 Å². The van der Waals surface area contributed by atoms with Gasteiger partial charge in [0.1, 0.15) is 0 Å². The number of aliphatic hydroxyl groups excluding tert-OH is 1. The Morgan fingerprint density at radius 1 is 1.36 bits per heavy atom. The minimum Gasteiger partial charge on any atom is -0.481 e. The molecule has 0 saturated carbocycles. The van der Waals surface area contributed by atoms with Gasteiger partial charge in [0.05, 0.1) is 11.5 Å². The van der Waals surface area contributed by atoms with Crippen molar-refractivity contribution >= 4 is 5.97 Å². The molecule has 0 aromatic carbocycles. The van der Waals surface area contributed by atoms with E-state index >= 15 is 0 Å². The zero-order chi connectivity index (χ0) is 11.2. The largest absolute Gasteiger partial charge is 0.481 e. The molecule has 0 amide bonds. The number of aliphatic hydroxyl groups is 1. The molecule has 0 aromatic rings. The summed E-state index contributed by atoms with van der Waals surface area (Å²) in [5.41, 5.74) is -0.978. The number of carboxylic acid groups (broad SMARTS) is 1. The summed E-state index contributed by atoms with van der Waals surface area (Å²) in [6.07, 6.45) is 3.96. The van der Waals surface area contributed by atoms with Gasteiger partial charge in [-0.05, 0) is 20.3 Å². The molecule has 3 heteroatoms. The first-order chi connectivity index (χ1) is 6.45. The monoisotopic (exact) mass is 202 g/mol. The molecular weight excluding hydrogens is 180 g/mol. The zero-order valence-corrected chi connectivity index (χ0v) is 9.42. The summed E-state index contributed by atoms with van der Waals surface area (Å²) in [5.74, 6) is -0.899. The van der Waals surface area contributed by atoms with E-state index in [1.807, 2.05) is 0 Å². The van der Waals surface area contributed by atoms with E-state index in [1.54, 1.807) is 13.8 Å². The minimum absolute atomic E-state index is 0.556. The van der Waals surface area contributed by atoms with Gasteiger partial charge in [-0.3, -0.25) is 4.79 Å². The molecule has 0 aliphatic carbocycles. The molecule has 0 aromatic heterocycles. The van der Waals surface area contributed by atoms with Crippen LogP contribution in [0, 0.1) is 5.41 Å². The molecule has 0 radical (unpaired) electrons. The van der Waals surface area contributed by atoms with E-state index in [0.29, 0.717) is 6.42 Å². The summed E-state index contributed by atoms with van der Waals surface area (Å²) in [6, 6.07) is 0. The highest BCUT2D eigenvalue weighted by Gasteiger charge is 2.37. The van der Waals surface area contributed by atoms with Gasteiger partial charge >= 0.3 is 5.97 Å². The third-order valence-corrected chi connectivity index (χ3v) is 2.96. The van der Waals surface area contributed by atoms with Gasteiger partial charge in [0, 0.05) is 0 Å². The first-order valence-corrected chi connectivity index (χ1v) is 5.36. The highest BCUT2D eigenvalue weighted by atomic mass is 16.4. The van der Waals surface area contributed by atoms with Crippen molar-refractivity contribution in [3.63, 3.8) is 0 Å². The molecule has 0 rings (SSSR count). The normalized spacial score (nSPS) is 17.4. The van der Waals surface area contributed by atoms with E-state index in [9.17, 15) is 9.90 Å². The van der Waals surface area contributed by atoms with Crippen molar-refractivity contribution in [3.8, 4) is 0 Å². The van der Waals surface area contributed by atoms with E-state index in [4.69, 9.17) is 5.11 Å². The molecule has 0 aliphatic rings. The average molecular weight is 202 g/mol. The lowest BCUT2D eigenvalue weighted by Crippen LogP contribution is -2.38. The summed E-state index contributed by atoms with van der Waals surface area (Å²) in [6.45, 7) is 5.28. The van der Waals surface area contributed by atoms with Gasteiger partial charge in [0.2, 0.25) is 0 Å². The van der Waals surface area contributed by atoms with Crippen molar-refractivity contribution in [3.05, 3.63) is 0 Å². The maximum atomic E-state index is 11.0. The van der Waals surface area contributed by atoms with E-state index in [1.165, 1.54) is 0 Å². The van der Waals surface area contributed by atoms with E-state index in [0.717, 1.165) is 25.7 Å². The molecule has 2 atom stereocenters. The summed E-state index contributed by atoms with van der Waals surface area (Å²) < 4.78 is 0. The average Bonchev–Trinajstić information content (AvgIpc) is 2.11. The summed E-state index contributed by atoms with van der Waals surface area (Å²) in [4.78, 5) is 11.0. The van der Waals surface area contributed by atoms with Crippen LogP contribution in [0.4, 0.5) is 0 Å². The van der Waals surface area contributed by atoms with E-state index < -0.39 is 17.5 Å². The van der Waals surface area contributed by atoms with Crippen LogP contribution in [-0.2, 0) is 4.79 Å². The van der Waals surface area contributed by atoms with Gasteiger partial charge < -0.3 is 10.2 Å². The molecule has 0 unspecified atom stereocenters. The molecule has 84 valence electrons. The second kappa shape index (κ2) is 6.02. The Bertz CT molecular complexity index is 177. The van der Waals surface area contributed by atoms with Crippen molar-refractivity contribution < 1.29 is 15.0 Å². The van der Waals surface area contributed by atoms with Gasteiger partial charge in [-0.2, -0.15) is 0 Å². The Hall–Kier alpha value is -0.570. The number of carbonyl (C=O) groups is 1. The quantitative estimate of drug-likeness (QED) is 0.623. The summed E-state index contributed by atoms with van der Waals surface area (Å²) in [7, 11) is 0. The van der Waals surface area contributed by atoms with Crippen LogP contribution in [0.2, 0.25) is 0 Å². The number of aliphatic carboxylic acids is 1. The van der Waals surface area contributed by atoms with E-state index in [2.05, 4.69) is 6.92 Å². The van der Waals surface area contributed by atoms with Gasteiger partial charge in [0.25, 0.3) is 0 Å². The van der Waals surface area contributed by atoms with Crippen molar-refractivity contribution in [1.82, 2.24) is 0 Å². The van der Waals surface area contributed by atoms with Crippen LogP contribution in [0.5, 0.6) is 0 Å². The Morgan fingerprint density at radius 2 is 1.93 bits per heavy atom. The summed E-state index contributed by atoms with van der Waals surface area (Å²) >= 11 is 0. The van der Waals surface area contributed by atoms with Crippen LogP contribution >= 0.6 is 0 Å².